The SMILES string of the molecule is CCCC(=O)N[C@@H](N1C[C@@H](C)O[C@@H](C)C1)C(Cl)(Cl)Cl. The van der Waals surface area contributed by atoms with Gasteiger partial charge >= 0.3 is 0 Å². The third-order valence-electron chi connectivity index (χ3n) is 2.90. The van der Waals surface area contributed by atoms with Crippen LogP contribution in [0.2, 0.25) is 0 Å². The molecule has 112 valence electrons. The predicted molar refractivity (Wildman–Crippen MR) is 78.7 cm³/mol. The third-order valence-corrected chi connectivity index (χ3v) is 3.52. The number of hydrogen-bond donors (Lipinski definition) is 1. The fraction of sp³-hybridized carbons (Fsp3) is 0.917. The van der Waals surface area contributed by atoms with Crippen molar-refractivity contribution in [2.75, 3.05) is 13.1 Å². The monoisotopic (exact) mass is 330 g/mol. The van der Waals surface area contributed by atoms with Gasteiger partial charge in [-0.15, -0.1) is 0 Å². The first-order valence-electron chi connectivity index (χ1n) is 6.49. The highest BCUT2D eigenvalue weighted by Crippen LogP contribution is 2.33. The van der Waals surface area contributed by atoms with Crippen molar-refractivity contribution in [2.24, 2.45) is 0 Å². The van der Waals surface area contributed by atoms with E-state index in [0.29, 0.717) is 19.5 Å². The number of carbonyl (C=O) groups is 1. The number of halogens is 3. The van der Waals surface area contributed by atoms with Crippen molar-refractivity contribution in [3.05, 3.63) is 0 Å². The Morgan fingerprint density at radius 1 is 1.37 bits per heavy atom. The van der Waals surface area contributed by atoms with Crippen LogP contribution >= 0.6 is 34.8 Å². The van der Waals surface area contributed by atoms with Crippen molar-refractivity contribution in [1.29, 1.82) is 0 Å². The highest BCUT2D eigenvalue weighted by atomic mass is 35.6. The van der Waals surface area contributed by atoms with Crippen LogP contribution in [0.5, 0.6) is 0 Å². The molecule has 0 radical (unpaired) electrons. The van der Waals surface area contributed by atoms with Crippen LogP contribution in [0.15, 0.2) is 0 Å². The van der Waals surface area contributed by atoms with Gasteiger partial charge in [-0.3, -0.25) is 9.69 Å². The highest BCUT2D eigenvalue weighted by molar-refractivity contribution is 6.68. The average molecular weight is 332 g/mol. The number of carbonyl (C=O) groups excluding carboxylic acids is 1. The van der Waals surface area contributed by atoms with Gasteiger partial charge in [0.1, 0.15) is 6.17 Å². The van der Waals surface area contributed by atoms with E-state index in [1.807, 2.05) is 25.7 Å². The normalized spacial score (nSPS) is 27.1. The van der Waals surface area contributed by atoms with E-state index >= 15 is 0 Å². The third kappa shape index (κ3) is 5.64. The molecule has 1 N–H and O–H groups in total. The molecule has 1 amide bonds. The van der Waals surface area contributed by atoms with Crippen LogP contribution in [-0.4, -0.2) is 46.1 Å². The molecule has 1 aliphatic heterocycles. The fourth-order valence-electron chi connectivity index (χ4n) is 2.26. The molecule has 0 aliphatic carbocycles. The summed E-state index contributed by atoms with van der Waals surface area (Å²) in [5.41, 5.74) is 0. The minimum Gasteiger partial charge on any atom is -0.373 e. The molecule has 0 saturated carbocycles. The van der Waals surface area contributed by atoms with Crippen molar-refractivity contribution in [3.63, 3.8) is 0 Å². The van der Waals surface area contributed by atoms with Gasteiger partial charge in [0.25, 0.3) is 0 Å². The fourth-order valence-corrected chi connectivity index (χ4v) is 2.84. The molecule has 7 heteroatoms. The van der Waals surface area contributed by atoms with E-state index in [4.69, 9.17) is 39.5 Å². The zero-order valence-electron chi connectivity index (χ0n) is 11.5. The Bertz CT molecular complexity index is 300. The summed E-state index contributed by atoms with van der Waals surface area (Å²) < 4.78 is 4.08. The first-order valence-corrected chi connectivity index (χ1v) is 7.63. The standard InChI is InChI=1S/C12H21Cl3N2O2/c1-4-5-10(18)16-11(12(13,14)15)17-6-8(2)19-9(3)7-17/h8-9,11H,4-7H2,1-3H3,(H,16,18)/t8-,9+,11-/m0/s1. The Morgan fingerprint density at radius 2 is 1.89 bits per heavy atom. The number of nitrogens with zero attached hydrogens (tertiary/aromatic N) is 1. The maximum atomic E-state index is 11.8. The van der Waals surface area contributed by atoms with Gasteiger partial charge in [-0.1, -0.05) is 41.7 Å². The van der Waals surface area contributed by atoms with E-state index in [1.54, 1.807) is 0 Å². The molecule has 1 saturated heterocycles. The molecule has 1 aliphatic rings. The van der Waals surface area contributed by atoms with Gasteiger partial charge in [0.2, 0.25) is 9.70 Å². The Morgan fingerprint density at radius 3 is 2.32 bits per heavy atom. The van der Waals surface area contributed by atoms with E-state index in [-0.39, 0.29) is 18.1 Å². The van der Waals surface area contributed by atoms with Crippen LogP contribution < -0.4 is 5.32 Å². The number of hydrogen-bond acceptors (Lipinski definition) is 3. The van der Waals surface area contributed by atoms with Crippen molar-refractivity contribution in [3.8, 4) is 0 Å². The van der Waals surface area contributed by atoms with E-state index in [9.17, 15) is 4.79 Å². The summed E-state index contributed by atoms with van der Waals surface area (Å²) in [6, 6.07) is 0. The summed E-state index contributed by atoms with van der Waals surface area (Å²) in [5, 5.41) is 2.80. The molecule has 1 fully saturated rings. The Kier molecular flexibility index (Phi) is 6.67. The lowest BCUT2D eigenvalue weighted by Crippen LogP contribution is -2.60. The number of amides is 1. The molecule has 19 heavy (non-hydrogen) atoms. The van der Waals surface area contributed by atoms with Crippen LogP contribution in [0.3, 0.4) is 0 Å². The number of nitrogens with one attached hydrogen (secondary N) is 1. The number of morpholine rings is 1. The van der Waals surface area contributed by atoms with Gasteiger partial charge in [0, 0.05) is 19.5 Å². The summed E-state index contributed by atoms with van der Waals surface area (Å²) in [4.78, 5) is 13.7. The van der Waals surface area contributed by atoms with Crippen molar-refractivity contribution in [1.82, 2.24) is 10.2 Å². The van der Waals surface area contributed by atoms with E-state index in [0.717, 1.165) is 6.42 Å². The Labute approximate surface area is 129 Å². The molecule has 4 nitrogen and oxygen atoms in total. The molecule has 0 bridgehead atoms. The summed E-state index contributed by atoms with van der Waals surface area (Å²) in [7, 11) is 0. The topological polar surface area (TPSA) is 41.6 Å². The van der Waals surface area contributed by atoms with Crippen molar-refractivity contribution in [2.45, 2.75) is 55.8 Å². The Hall–Kier alpha value is 0.260. The largest absolute Gasteiger partial charge is 0.373 e. The van der Waals surface area contributed by atoms with E-state index < -0.39 is 9.96 Å². The molecule has 1 rings (SSSR count). The maximum absolute atomic E-state index is 11.8. The molecule has 1 heterocycles. The van der Waals surface area contributed by atoms with Crippen molar-refractivity contribution >= 4 is 40.7 Å². The lowest BCUT2D eigenvalue weighted by atomic mass is 10.2. The van der Waals surface area contributed by atoms with E-state index in [1.165, 1.54) is 0 Å². The zero-order chi connectivity index (χ0) is 14.6. The van der Waals surface area contributed by atoms with Gasteiger partial charge in [0.15, 0.2) is 0 Å². The van der Waals surface area contributed by atoms with Gasteiger partial charge < -0.3 is 10.1 Å². The number of rotatable bonds is 4. The zero-order valence-corrected chi connectivity index (χ0v) is 13.7. The molecule has 0 aromatic heterocycles. The first kappa shape index (κ1) is 17.3. The highest BCUT2D eigenvalue weighted by Gasteiger charge is 2.40. The molecule has 0 aromatic rings. The summed E-state index contributed by atoms with van der Waals surface area (Å²) in [5.74, 6) is -0.106. The maximum Gasteiger partial charge on any atom is 0.223 e. The average Bonchev–Trinajstić information content (AvgIpc) is 2.23. The molecule has 0 spiro atoms. The summed E-state index contributed by atoms with van der Waals surface area (Å²) in [6.45, 7) is 7.10. The summed E-state index contributed by atoms with van der Waals surface area (Å²) in [6.07, 6.45) is 0.634. The second-order valence-electron chi connectivity index (χ2n) is 4.97. The minimum atomic E-state index is -1.57. The molecular formula is C12H21Cl3N2O2. The smallest absolute Gasteiger partial charge is 0.223 e. The van der Waals surface area contributed by atoms with Crippen LogP contribution in [0, 0.1) is 0 Å². The predicted octanol–water partition coefficient (Wildman–Crippen LogP) is 2.71. The second-order valence-corrected chi connectivity index (χ2v) is 7.34. The van der Waals surface area contributed by atoms with Crippen molar-refractivity contribution < 1.29 is 9.53 Å². The minimum absolute atomic E-state index is 0.0432. The van der Waals surface area contributed by atoms with Crippen LogP contribution in [0.1, 0.15) is 33.6 Å². The van der Waals surface area contributed by atoms with Crippen LogP contribution in [0.25, 0.3) is 0 Å². The second kappa shape index (κ2) is 7.32. The lowest BCUT2D eigenvalue weighted by molar-refractivity contribution is -0.126. The quantitative estimate of drug-likeness (QED) is 0.805. The van der Waals surface area contributed by atoms with Gasteiger partial charge in [0.05, 0.1) is 12.2 Å². The van der Waals surface area contributed by atoms with Crippen LogP contribution in [0.4, 0.5) is 0 Å². The first-order chi connectivity index (χ1) is 8.74. The van der Waals surface area contributed by atoms with E-state index in [2.05, 4.69) is 5.32 Å². The van der Waals surface area contributed by atoms with Gasteiger partial charge in [-0.05, 0) is 20.3 Å². The van der Waals surface area contributed by atoms with Gasteiger partial charge in [-0.2, -0.15) is 0 Å². The Balaban J connectivity index is 2.76. The molecular weight excluding hydrogens is 311 g/mol. The summed E-state index contributed by atoms with van der Waals surface area (Å²) >= 11 is 18.0. The lowest BCUT2D eigenvalue weighted by Gasteiger charge is -2.42. The van der Waals surface area contributed by atoms with Gasteiger partial charge in [-0.25, -0.2) is 0 Å². The molecule has 3 atom stereocenters. The molecule has 0 unspecified atom stereocenters. The molecule has 0 aromatic carbocycles. The number of ether oxygens (including phenoxy) is 1. The number of alkyl halides is 3. The van der Waals surface area contributed by atoms with Crippen LogP contribution in [-0.2, 0) is 9.53 Å².